The number of aryl methyl sites for hydroxylation is 2. The molecule has 0 aromatic heterocycles. The van der Waals surface area contributed by atoms with E-state index in [-0.39, 0.29) is 12.6 Å². The number of fused-ring (bicyclic) bond motifs is 1. The molecular formula is C17H24FO4P. The number of halogens is 1. The maximum Gasteiger partial charge on any atom is 0.330 e. The molecule has 0 unspecified atom stereocenters. The van der Waals surface area contributed by atoms with Crippen LogP contribution < -0.4 is 4.74 Å². The molecule has 0 spiro atoms. The molecular weight excluding hydrogens is 318 g/mol. The van der Waals surface area contributed by atoms with Gasteiger partial charge in [-0.25, -0.2) is 4.39 Å². The first-order valence-corrected chi connectivity index (χ1v) is 8.90. The molecule has 2 aromatic rings. The molecule has 0 radical (unpaired) electrons. The van der Waals surface area contributed by atoms with Gasteiger partial charge in [0, 0.05) is 0 Å². The zero-order chi connectivity index (χ0) is 17.4. The third-order valence-corrected chi connectivity index (χ3v) is 3.69. The Bertz CT molecular complexity index is 632. The van der Waals surface area contributed by atoms with Crippen LogP contribution in [0.4, 0.5) is 4.39 Å². The predicted octanol–water partition coefficient (Wildman–Crippen LogP) is 4.69. The van der Waals surface area contributed by atoms with Crippen LogP contribution in [-0.4, -0.2) is 16.6 Å². The Morgan fingerprint density at radius 3 is 2.35 bits per heavy atom. The average Bonchev–Trinajstić information content (AvgIpc) is 2.56. The quantitative estimate of drug-likeness (QED) is 0.590. The molecule has 128 valence electrons. The molecule has 0 atom stereocenters. The molecule has 0 aliphatic heterocycles. The molecule has 23 heavy (non-hydrogen) atoms. The summed E-state index contributed by atoms with van der Waals surface area (Å²) in [6.07, 6.45) is 1.37. The molecule has 0 fully saturated rings. The van der Waals surface area contributed by atoms with Crippen molar-refractivity contribution in [2.75, 3.05) is 6.79 Å². The summed E-state index contributed by atoms with van der Waals surface area (Å²) >= 11 is 0. The summed E-state index contributed by atoms with van der Waals surface area (Å²) in [5, 5.41) is 1.83. The van der Waals surface area contributed by atoms with E-state index in [1.54, 1.807) is 12.1 Å². The van der Waals surface area contributed by atoms with Crippen molar-refractivity contribution in [3.63, 3.8) is 0 Å². The zero-order valence-electron chi connectivity index (χ0n) is 14.0. The molecule has 0 saturated carbocycles. The van der Waals surface area contributed by atoms with Gasteiger partial charge in [-0.2, -0.15) is 0 Å². The van der Waals surface area contributed by atoms with Gasteiger partial charge < -0.3 is 14.5 Å². The SMILES string of the molecule is CC.CCc1cc(OCOP(O)O)cc2ccc(F)c(CC)c12. The summed E-state index contributed by atoms with van der Waals surface area (Å²) in [5.74, 6) is 0.368. The highest BCUT2D eigenvalue weighted by Crippen LogP contribution is 2.31. The van der Waals surface area contributed by atoms with E-state index in [1.165, 1.54) is 6.07 Å². The average molecular weight is 342 g/mol. The Morgan fingerprint density at radius 2 is 1.78 bits per heavy atom. The fourth-order valence-electron chi connectivity index (χ4n) is 2.43. The number of ether oxygens (including phenoxy) is 1. The Balaban J connectivity index is 0.00000127. The molecule has 2 rings (SSSR count). The third-order valence-electron chi connectivity index (χ3n) is 3.35. The Kier molecular flexibility index (Phi) is 8.42. The number of rotatable bonds is 6. The van der Waals surface area contributed by atoms with E-state index in [2.05, 4.69) is 4.52 Å². The Labute approximate surface area is 137 Å². The second kappa shape index (κ2) is 9.78. The van der Waals surface area contributed by atoms with Crippen LogP contribution in [0.5, 0.6) is 5.75 Å². The molecule has 0 bridgehead atoms. The highest BCUT2D eigenvalue weighted by molar-refractivity contribution is 7.39. The topological polar surface area (TPSA) is 58.9 Å². The fourth-order valence-corrected chi connectivity index (χ4v) is 2.58. The summed E-state index contributed by atoms with van der Waals surface area (Å²) in [6, 6.07) is 6.82. The van der Waals surface area contributed by atoms with Gasteiger partial charge in [0.05, 0.1) is 0 Å². The lowest BCUT2D eigenvalue weighted by Crippen LogP contribution is -2.01. The van der Waals surface area contributed by atoms with Gasteiger partial charge in [-0.3, -0.25) is 4.52 Å². The van der Waals surface area contributed by atoms with Crippen molar-refractivity contribution in [3.05, 3.63) is 41.2 Å². The fraction of sp³-hybridized carbons (Fsp3) is 0.412. The van der Waals surface area contributed by atoms with Gasteiger partial charge in [0.15, 0.2) is 6.79 Å². The molecule has 0 heterocycles. The molecule has 0 amide bonds. The molecule has 0 aliphatic carbocycles. The van der Waals surface area contributed by atoms with E-state index >= 15 is 0 Å². The van der Waals surface area contributed by atoms with E-state index < -0.39 is 8.60 Å². The van der Waals surface area contributed by atoms with Crippen molar-refractivity contribution < 1.29 is 23.4 Å². The molecule has 0 saturated heterocycles. The monoisotopic (exact) mass is 342 g/mol. The van der Waals surface area contributed by atoms with Crippen LogP contribution in [0.2, 0.25) is 0 Å². The standard InChI is InChI=1S/C15H18FO4P.C2H6/c1-3-10-7-12(19-9-20-21(17)18)8-11-5-6-14(16)13(4-2)15(10)11;1-2/h5-8,17-18H,3-4,9H2,1-2H3;1-2H3. The van der Waals surface area contributed by atoms with Crippen molar-refractivity contribution in [3.8, 4) is 5.75 Å². The number of hydrogen-bond donors (Lipinski definition) is 2. The van der Waals surface area contributed by atoms with Gasteiger partial charge >= 0.3 is 8.60 Å². The molecule has 2 aromatic carbocycles. The van der Waals surface area contributed by atoms with Crippen LogP contribution in [0.15, 0.2) is 24.3 Å². The Morgan fingerprint density at radius 1 is 1.09 bits per heavy atom. The summed E-state index contributed by atoms with van der Waals surface area (Å²) in [4.78, 5) is 17.4. The van der Waals surface area contributed by atoms with E-state index in [4.69, 9.17) is 14.5 Å². The number of hydrogen-bond acceptors (Lipinski definition) is 4. The van der Waals surface area contributed by atoms with Crippen molar-refractivity contribution >= 4 is 19.4 Å². The smallest absolute Gasteiger partial charge is 0.330 e. The van der Waals surface area contributed by atoms with Crippen molar-refractivity contribution in [2.24, 2.45) is 0 Å². The highest BCUT2D eigenvalue weighted by Gasteiger charge is 2.11. The molecule has 6 heteroatoms. The maximum atomic E-state index is 13.9. The van der Waals surface area contributed by atoms with Crippen LogP contribution in [0.3, 0.4) is 0 Å². The van der Waals surface area contributed by atoms with E-state index in [0.29, 0.717) is 17.7 Å². The minimum atomic E-state index is -2.43. The lowest BCUT2D eigenvalue weighted by molar-refractivity contribution is 0.105. The molecule has 2 N–H and O–H groups in total. The van der Waals surface area contributed by atoms with Crippen molar-refractivity contribution in [1.82, 2.24) is 0 Å². The van der Waals surface area contributed by atoms with Gasteiger partial charge in [0.1, 0.15) is 11.6 Å². The minimum absolute atomic E-state index is 0.192. The van der Waals surface area contributed by atoms with E-state index in [0.717, 1.165) is 22.8 Å². The largest absolute Gasteiger partial charge is 0.467 e. The summed E-state index contributed by atoms with van der Waals surface area (Å²) < 4.78 is 23.9. The van der Waals surface area contributed by atoms with Crippen LogP contribution >= 0.6 is 8.60 Å². The van der Waals surface area contributed by atoms with Crippen molar-refractivity contribution in [1.29, 1.82) is 0 Å². The maximum absolute atomic E-state index is 13.9. The van der Waals surface area contributed by atoms with Gasteiger partial charge in [0.25, 0.3) is 0 Å². The highest BCUT2D eigenvalue weighted by atomic mass is 31.2. The van der Waals surface area contributed by atoms with E-state index in [9.17, 15) is 4.39 Å². The van der Waals surface area contributed by atoms with Crippen LogP contribution in [0.25, 0.3) is 10.8 Å². The van der Waals surface area contributed by atoms with Gasteiger partial charge in [0.2, 0.25) is 0 Å². The second-order valence-electron chi connectivity index (χ2n) is 4.56. The lowest BCUT2D eigenvalue weighted by atomic mass is 9.95. The molecule has 4 nitrogen and oxygen atoms in total. The third kappa shape index (κ3) is 5.11. The van der Waals surface area contributed by atoms with Gasteiger partial charge in [-0.15, -0.1) is 0 Å². The minimum Gasteiger partial charge on any atom is -0.467 e. The summed E-state index contributed by atoms with van der Waals surface area (Å²) in [5.41, 5.74) is 1.70. The lowest BCUT2D eigenvalue weighted by Gasteiger charge is -2.14. The van der Waals surface area contributed by atoms with Crippen molar-refractivity contribution in [2.45, 2.75) is 40.5 Å². The van der Waals surface area contributed by atoms with E-state index in [1.807, 2.05) is 33.8 Å². The molecule has 0 aliphatic rings. The van der Waals surface area contributed by atoms with Gasteiger partial charge in [-0.1, -0.05) is 33.8 Å². The normalized spacial score (nSPS) is 10.6. The van der Waals surface area contributed by atoms with Gasteiger partial charge in [-0.05, 0) is 52.9 Å². The second-order valence-corrected chi connectivity index (χ2v) is 5.32. The van der Waals surface area contributed by atoms with Crippen LogP contribution in [0, 0.1) is 5.82 Å². The summed E-state index contributed by atoms with van der Waals surface area (Å²) in [6.45, 7) is 7.69. The predicted molar refractivity (Wildman–Crippen MR) is 91.9 cm³/mol. The first kappa shape index (κ1) is 19.8. The number of benzene rings is 2. The zero-order valence-corrected chi connectivity index (χ0v) is 14.9. The van der Waals surface area contributed by atoms with Crippen LogP contribution in [-0.2, 0) is 17.4 Å². The first-order chi connectivity index (χ1) is 11.1. The summed E-state index contributed by atoms with van der Waals surface area (Å²) in [7, 11) is -2.43. The van der Waals surface area contributed by atoms with Crippen LogP contribution in [0.1, 0.15) is 38.8 Å². The Hall–Kier alpha value is -1.26. The first-order valence-electron chi connectivity index (χ1n) is 7.74.